The zero-order chi connectivity index (χ0) is 19.1. The maximum atomic E-state index is 13.3. The highest BCUT2D eigenvalue weighted by atomic mass is 32.1. The Kier molecular flexibility index (Phi) is 4.16. The number of benzene rings is 2. The Bertz CT molecular complexity index is 1240. The number of nitrogens with zero attached hydrogens (tertiary/aromatic N) is 1. The third-order valence-electron chi connectivity index (χ3n) is 4.30. The second-order valence-electron chi connectivity index (χ2n) is 6.25. The summed E-state index contributed by atoms with van der Waals surface area (Å²) in [5.41, 5.74) is 0.177. The molecule has 4 rings (SSSR count). The quantitative estimate of drug-likeness (QED) is 0.563. The number of carboxylic acid groups (broad SMARTS) is 1. The highest BCUT2D eigenvalue weighted by Gasteiger charge is 2.15. The van der Waals surface area contributed by atoms with Gasteiger partial charge in [0.05, 0.1) is 9.70 Å². The molecule has 27 heavy (non-hydrogen) atoms. The fourth-order valence-electron chi connectivity index (χ4n) is 2.95. The Balaban J connectivity index is 1.64. The van der Waals surface area contributed by atoms with Gasteiger partial charge in [0.2, 0.25) is 0 Å². The number of halogens is 1. The van der Waals surface area contributed by atoms with Gasteiger partial charge in [-0.1, -0.05) is 18.2 Å². The molecule has 0 unspecified atom stereocenters. The molecule has 2 aromatic heterocycles. The van der Waals surface area contributed by atoms with Crippen LogP contribution in [0.2, 0.25) is 0 Å². The van der Waals surface area contributed by atoms with Crippen molar-refractivity contribution in [3.8, 4) is 0 Å². The average Bonchev–Trinajstić information content (AvgIpc) is 3.04. The number of carboxylic acids is 1. The molecule has 0 spiro atoms. The first kappa shape index (κ1) is 17.2. The molecule has 1 N–H and O–H groups in total. The van der Waals surface area contributed by atoms with Crippen LogP contribution in [0, 0.1) is 5.82 Å². The van der Waals surface area contributed by atoms with E-state index < -0.39 is 11.6 Å². The number of aromatic carboxylic acids is 1. The van der Waals surface area contributed by atoms with Gasteiger partial charge in [0.25, 0.3) is 0 Å². The number of rotatable bonds is 4. The van der Waals surface area contributed by atoms with Crippen LogP contribution < -0.4 is 10.5 Å². The lowest BCUT2D eigenvalue weighted by Crippen LogP contribution is -2.14. The van der Waals surface area contributed by atoms with Crippen molar-refractivity contribution in [3.05, 3.63) is 75.9 Å². The minimum absolute atomic E-state index is 0.264. The van der Waals surface area contributed by atoms with Gasteiger partial charge in [0.15, 0.2) is 5.58 Å². The van der Waals surface area contributed by atoms with Crippen molar-refractivity contribution in [2.75, 3.05) is 11.9 Å². The Morgan fingerprint density at radius 3 is 2.67 bits per heavy atom. The van der Waals surface area contributed by atoms with E-state index in [1.54, 1.807) is 12.1 Å². The molecule has 2 heterocycles. The first-order valence-corrected chi connectivity index (χ1v) is 8.93. The molecule has 136 valence electrons. The zero-order valence-corrected chi connectivity index (χ0v) is 15.0. The summed E-state index contributed by atoms with van der Waals surface area (Å²) in [5.74, 6) is -1.57. The van der Waals surface area contributed by atoms with Gasteiger partial charge in [-0.15, -0.1) is 11.3 Å². The minimum atomic E-state index is -1.30. The van der Waals surface area contributed by atoms with Crippen LogP contribution in [0.1, 0.15) is 15.9 Å². The van der Waals surface area contributed by atoms with E-state index in [0.717, 1.165) is 21.3 Å². The van der Waals surface area contributed by atoms with Crippen LogP contribution in [-0.2, 0) is 6.54 Å². The van der Waals surface area contributed by atoms with Crippen molar-refractivity contribution >= 4 is 43.4 Å². The van der Waals surface area contributed by atoms with Crippen LogP contribution in [0.5, 0.6) is 0 Å². The SMILES string of the molecule is CN(Cc1ccc2cc(F)ccc2c1)c1cc2oc(=O)c(C(=O)O)cc2s1. The zero-order valence-electron chi connectivity index (χ0n) is 14.2. The highest BCUT2D eigenvalue weighted by molar-refractivity contribution is 7.22. The van der Waals surface area contributed by atoms with E-state index in [1.807, 2.05) is 30.1 Å². The average molecular weight is 383 g/mol. The predicted octanol–water partition coefficient (Wildman–Crippen LogP) is 4.48. The molecule has 0 aliphatic rings. The normalized spacial score (nSPS) is 11.2. The van der Waals surface area contributed by atoms with Crippen LogP contribution in [0.25, 0.3) is 21.1 Å². The van der Waals surface area contributed by atoms with Gasteiger partial charge in [-0.2, -0.15) is 0 Å². The van der Waals surface area contributed by atoms with Crippen LogP contribution in [-0.4, -0.2) is 18.1 Å². The van der Waals surface area contributed by atoms with Crippen LogP contribution in [0.4, 0.5) is 9.39 Å². The number of hydrogen-bond acceptors (Lipinski definition) is 5. The Labute approximate surface area is 156 Å². The number of carbonyl (C=O) groups is 1. The molecule has 0 amide bonds. The summed E-state index contributed by atoms with van der Waals surface area (Å²) in [4.78, 5) is 24.8. The van der Waals surface area contributed by atoms with Gasteiger partial charge in [-0.05, 0) is 40.6 Å². The molecule has 0 aliphatic heterocycles. The first-order valence-electron chi connectivity index (χ1n) is 8.11. The molecule has 0 aliphatic carbocycles. The highest BCUT2D eigenvalue weighted by Crippen LogP contribution is 2.32. The van der Waals surface area contributed by atoms with Crippen molar-refractivity contribution in [1.82, 2.24) is 0 Å². The summed E-state index contributed by atoms with van der Waals surface area (Å²) in [7, 11) is 1.90. The molecule has 0 fully saturated rings. The molecular weight excluding hydrogens is 369 g/mol. The number of hydrogen-bond donors (Lipinski definition) is 1. The first-order chi connectivity index (χ1) is 12.9. The smallest absolute Gasteiger partial charge is 0.351 e. The van der Waals surface area contributed by atoms with Crippen molar-refractivity contribution in [2.45, 2.75) is 6.54 Å². The second kappa shape index (κ2) is 6.51. The maximum absolute atomic E-state index is 13.3. The summed E-state index contributed by atoms with van der Waals surface area (Å²) in [6.07, 6.45) is 0. The second-order valence-corrected chi connectivity index (χ2v) is 7.31. The Morgan fingerprint density at radius 1 is 1.15 bits per heavy atom. The van der Waals surface area contributed by atoms with Crippen molar-refractivity contribution in [2.24, 2.45) is 0 Å². The van der Waals surface area contributed by atoms with E-state index in [4.69, 9.17) is 9.52 Å². The predicted molar refractivity (Wildman–Crippen MR) is 103 cm³/mol. The summed E-state index contributed by atoms with van der Waals surface area (Å²) < 4.78 is 19.0. The van der Waals surface area contributed by atoms with E-state index in [2.05, 4.69) is 0 Å². The largest absolute Gasteiger partial charge is 0.477 e. The number of anilines is 1. The van der Waals surface area contributed by atoms with Gasteiger partial charge >= 0.3 is 11.6 Å². The molecule has 2 aromatic carbocycles. The monoisotopic (exact) mass is 383 g/mol. The summed E-state index contributed by atoms with van der Waals surface area (Å²) >= 11 is 1.35. The van der Waals surface area contributed by atoms with Gasteiger partial charge in [-0.25, -0.2) is 14.0 Å². The molecule has 0 bridgehead atoms. The van der Waals surface area contributed by atoms with Crippen molar-refractivity contribution in [3.63, 3.8) is 0 Å². The van der Waals surface area contributed by atoms with Crippen molar-refractivity contribution < 1.29 is 18.7 Å². The lowest BCUT2D eigenvalue weighted by molar-refractivity contribution is 0.0692. The van der Waals surface area contributed by atoms with Crippen LogP contribution >= 0.6 is 11.3 Å². The molecule has 5 nitrogen and oxygen atoms in total. The van der Waals surface area contributed by atoms with Crippen molar-refractivity contribution in [1.29, 1.82) is 0 Å². The number of fused-ring (bicyclic) bond motifs is 2. The van der Waals surface area contributed by atoms with E-state index in [-0.39, 0.29) is 11.4 Å². The Morgan fingerprint density at radius 2 is 1.89 bits per heavy atom. The van der Waals surface area contributed by atoms with E-state index in [1.165, 1.54) is 29.5 Å². The molecule has 0 saturated carbocycles. The Hall–Kier alpha value is -3.19. The lowest BCUT2D eigenvalue weighted by atomic mass is 10.1. The molecule has 4 aromatic rings. The standard InChI is InChI=1S/C20H14FNO4S/c1-22(10-11-2-3-13-7-14(21)5-4-12(13)6-11)18-9-16-17(27-18)8-15(19(23)24)20(25)26-16/h2-9H,10H2,1H3,(H,23,24). The third-order valence-corrected chi connectivity index (χ3v) is 5.48. The minimum Gasteiger partial charge on any atom is -0.477 e. The summed E-state index contributed by atoms with van der Waals surface area (Å²) in [5, 5.41) is 11.7. The van der Waals surface area contributed by atoms with Gasteiger partial charge in [0, 0.05) is 19.7 Å². The molecular formula is C20H14FNO4S. The van der Waals surface area contributed by atoms with Gasteiger partial charge in [0.1, 0.15) is 11.4 Å². The van der Waals surface area contributed by atoms with Crippen LogP contribution in [0.15, 0.2) is 57.7 Å². The van der Waals surface area contributed by atoms with Gasteiger partial charge < -0.3 is 14.4 Å². The van der Waals surface area contributed by atoms with E-state index in [9.17, 15) is 14.0 Å². The number of thiophene rings is 1. The molecule has 0 radical (unpaired) electrons. The fraction of sp³-hybridized carbons (Fsp3) is 0.100. The lowest BCUT2D eigenvalue weighted by Gasteiger charge is -2.17. The fourth-order valence-corrected chi connectivity index (χ4v) is 3.94. The third kappa shape index (κ3) is 3.29. The molecule has 7 heteroatoms. The summed E-state index contributed by atoms with van der Waals surface area (Å²) in [6.45, 7) is 0.593. The van der Waals surface area contributed by atoms with Gasteiger partial charge in [-0.3, -0.25) is 0 Å². The molecule has 0 atom stereocenters. The van der Waals surface area contributed by atoms with E-state index in [0.29, 0.717) is 16.8 Å². The maximum Gasteiger partial charge on any atom is 0.351 e. The summed E-state index contributed by atoms with van der Waals surface area (Å²) in [6, 6.07) is 13.6. The molecule has 0 saturated heterocycles. The topological polar surface area (TPSA) is 70.8 Å². The van der Waals surface area contributed by atoms with E-state index >= 15 is 0 Å². The van der Waals surface area contributed by atoms with Crippen LogP contribution in [0.3, 0.4) is 0 Å².